The van der Waals surface area contributed by atoms with Gasteiger partial charge in [-0.25, -0.2) is 9.37 Å². The number of halogens is 3. The second-order valence-corrected chi connectivity index (χ2v) is 4.27. The molecular formula is C10H6BrClFN. The summed E-state index contributed by atoms with van der Waals surface area (Å²) in [6.45, 7) is 1.87. The molecule has 72 valence electrons. The highest BCUT2D eigenvalue weighted by atomic mass is 79.9. The van der Waals surface area contributed by atoms with Crippen molar-refractivity contribution < 1.29 is 4.39 Å². The number of rotatable bonds is 0. The number of nitrogens with zero attached hydrogens (tertiary/aromatic N) is 1. The lowest BCUT2D eigenvalue weighted by atomic mass is 10.2. The molecule has 4 heteroatoms. The quantitative estimate of drug-likeness (QED) is 0.659. The number of aryl methyl sites for hydroxylation is 1. The van der Waals surface area contributed by atoms with Crippen LogP contribution in [0.15, 0.2) is 22.7 Å². The van der Waals surface area contributed by atoms with Crippen LogP contribution < -0.4 is 0 Å². The van der Waals surface area contributed by atoms with Crippen LogP contribution >= 0.6 is 27.5 Å². The van der Waals surface area contributed by atoms with Crippen LogP contribution in [0.3, 0.4) is 0 Å². The fraction of sp³-hybridized carbons (Fsp3) is 0.100. The Bertz CT molecular complexity index is 424. The molecule has 14 heavy (non-hydrogen) atoms. The van der Waals surface area contributed by atoms with Crippen LogP contribution in [-0.2, 0) is 0 Å². The molecule has 0 saturated carbocycles. The smallest absolute Gasteiger partial charge is 0.139 e. The molecule has 0 atom stereocenters. The Balaban J connectivity index is 2.83. The van der Waals surface area contributed by atoms with Crippen LogP contribution in [0.1, 0.15) is 5.56 Å². The van der Waals surface area contributed by atoms with Gasteiger partial charge in [-0.05, 0) is 40.5 Å². The van der Waals surface area contributed by atoms with E-state index in [0.29, 0.717) is 15.1 Å². The van der Waals surface area contributed by atoms with Gasteiger partial charge in [-0.1, -0.05) is 11.6 Å². The van der Waals surface area contributed by atoms with E-state index in [1.54, 1.807) is 6.07 Å². The largest absolute Gasteiger partial charge is 0.236 e. The number of fused-ring (bicyclic) bond motifs is 1. The van der Waals surface area contributed by atoms with Crippen LogP contribution in [0.2, 0.25) is 5.15 Å². The molecule has 0 radical (unpaired) electrons. The van der Waals surface area contributed by atoms with E-state index >= 15 is 0 Å². The van der Waals surface area contributed by atoms with Crippen molar-refractivity contribution in [1.82, 2.24) is 4.98 Å². The van der Waals surface area contributed by atoms with E-state index in [9.17, 15) is 4.39 Å². The molecule has 0 bridgehead atoms. The lowest BCUT2D eigenvalue weighted by molar-refractivity contribution is 0.623. The Kier molecular flexibility index (Phi) is 2.45. The summed E-state index contributed by atoms with van der Waals surface area (Å²) in [6.07, 6.45) is 0. The van der Waals surface area contributed by atoms with E-state index in [1.165, 1.54) is 6.07 Å². The van der Waals surface area contributed by atoms with Gasteiger partial charge >= 0.3 is 0 Å². The molecule has 0 N–H and O–H groups in total. The highest BCUT2D eigenvalue weighted by Crippen LogP contribution is 2.25. The molecule has 0 aliphatic heterocycles. The third-order valence-electron chi connectivity index (χ3n) is 1.99. The molecule has 1 heterocycles. The van der Waals surface area contributed by atoms with Crippen LogP contribution in [0.25, 0.3) is 10.9 Å². The Hall–Kier alpha value is -0.670. The molecule has 2 rings (SSSR count). The van der Waals surface area contributed by atoms with Crippen molar-refractivity contribution in [2.45, 2.75) is 6.92 Å². The van der Waals surface area contributed by atoms with Gasteiger partial charge in [0, 0.05) is 11.5 Å². The van der Waals surface area contributed by atoms with E-state index in [4.69, 9.17) is 11.6 Å². The molecule has 0 aliphatic rings. The topological polar surface area (TPSA) is 12.9 Å². The first-order valence-corrected chi connectivity index (χ1v) is 5.17. The molecule has 2 aromatic rings. The molecule has 0 saturated heterocycles. The number of hydrogen-bond acceptors (Lipinski definition) is 1. The summed E-state index contributed by atoms with van der Waals surface area (Å²) in [6, 6.07) is 4.95. The van der Waals surface area contributed by atoms with Crippen molar-refractivity contribution in [2.75, 3.05) is 0 Å². The number of pyridine rings is 1. The average Bonchev–Trinajstić information content (AvgIpc) is 2.11. The SMILES string of the molecule is Cc1cc2cc(Br)c(F)cc2nc1Cl. The zero-order valence-electron chi connectivity index (χ0n) is 7.31. The first-order valence-electron chi connectivity index (χ1n) is 4.00. The van der Waals surface area contributed by atoms with Crippen LogP contribution in [0.5, 0.6) is 0 Å². The number of aromatic nitrogens is 1. The van der Waals surface area contributed by atoms with E-state index < -0.39 is 0 Å². The van der Waals surface area contributed by atoms with Crippen molar-refractivity contribution in [2.24, 2.45) is 0 Å². The Labute approximate surface area is 94.0 Å². The number of hydrogen-bond donors (Lipinski definition) is 0. The van der Waals surface area contributed by atoms with E-state index in [2.05, 4.69) is 20.9 Å². The minimum atomic E-state index is -0.329. The van der Waals surface area contributed by atoms with Crippen molar-refractivity contribution >= 4 is 38.4 Å². The second kappa shape index (κ2) is 3.48. The van der Waals surface area contributed by atoms with Crippen molar-refractivity contribution in [1.29, 1.82) is 0 Å². The van der Waals surface area contributed by atoms with Crippen molar-refractivity contribution in [3.63, 3.8) is 0 Å². The summed E-state index contributed by atoms with van der Waals surface area (Å²) in [5.74, 6) is -0.329. The molecule has 0 aliphatic carbocycles. The molecular weight excluding hydrogens is 268 g/mol. The Morgan fingerprint density at radius 2 is 2.07 bits per heavy atom. The van der Waals surface area contributed by atoms with Gasteiger partial charge < -0.3 is 0 Å². The van der Waals surface area contributed by atoms with Crippen LogP contribution in [0.4, 0.5) is 4.39 Å². The van der Waals surface area contributed by atoms with E-state index in [-0.39, 0.29) is 5.82 Å². The summed E-state index contributed by atoms with van der Waals surface area (Å²) in [5, 5.41) is 1.29. The predicted molar refractivity (Wildman–Crippen MR) is 59.1 cm³/mol. The maximum atomic E-state index is 13.2. The summed E-state index contributed by atoms with van der Waals surface area (Å²) < 4.78 is 13.6. The molecule has 1 aromatic carbocycles. The second-order valence-electron chi connectivity index (χ2n) is 3.06. The zero-order chi connectivity index (χ0) is 10.3. The molecule has 1 nitrogen and oxygen atoms in total. The van der Waals surface area contributed by atoms with Gasteiger partial charge in [0.2, 0.25) is 0 Å². The lowest BCUT2D eigenvalue weighted by Crippen LogP contribution is -1.86. The molecule has 0 unspecified atom stereocenters. The van der Waals surface area contributed by atoms with Gasteiger partial charge in [-0.2, -0.15) is 0 Å². The lowest BCUT2D eigenvalue weighted by Gasteiger charge is -2.02. The van der Waals surface area contributed by atoms with E-state index in [1.807, 2.05) is 13.0 Å². The van der Waals surface area contributed by atoms with Gasteiger partial charge in [0.15, 0.2) is 0 Å². The molecule has 0 amide bonds. The predicted octanol–water partition coefficient (Wildman–Crippen LogP) is 4.10. The molecule has 0 fully saturated rings. The maximum Gasteiger partial charge on any atom is 0.139 e. The number of benzene rings is 1. The third kappa shape index (κ3) is 1.62. The highest BCUT2D eigenvalue weighted by Gasteiger charge is 2.05. The summed E-state index contributed by atoms with van der Waals surface area (Å²) in [7, 11) is 0. The standard InChI is InChI=1S/C10H6BrClFN/c1-5-2-6-3-7(11)8(13)4-9(6)14-10(5)12/h2-4H,1H3. The maximum absolute atomic E-state index is 13.2. The first kappa shape index (κ1) is 9.87. The van der Waals surface area contributed by atoms with Crippen LogP contribution in [0, 0.1) is 12.7 Å². The minimum Gasteiger partial charge on any atom is -0.236 e. The fourth-order valence-electron chi connectivity index (χ4n) is 1.25. The first-order chi connectivity index (χ1) is 6.58. The van der Waals surface area contributed by atoms with Gasteiger partial charge in [0.1, 0.15) is 11.0 Å². The third-order valence-corrected chi connectivity index (χ3v) is 2.98. The Morgan fingerprint density at radius 3 is 2.79 bits per heavy atom. The summed E-state index contributed by atoms with van der Waals surface area (Å²) >= 11 is 8.96. The monoisotopic (exact) mass is 273 g/mol. The molecule has 0 spiro atoms. The summed E-state index contributed by atoms with van der Waals surface area (Å²) in [5.41, 5.74) is 1.46. The van der Waals surface area contributed by atoms with Gasteiger partial charge in [-0.15, -0.1) is 0 Å². The van der Waals surface area contributed by atoms with Crippen molar-refractivity contribution in [3.05, 3.63) is 39.2 Å². The van der Waals surface area contributed by atoms with Gasteiger partial charge in [0.25, 0.3) is 0 Å². The van der Waals surface area contributed by atoms with Gasteiger partial charge in [-0.3, -0.25) is 0 Å². The Morgan fingerprint density at radius 1 is 1.36 bits per heavy atom. The van der Waals surface area contributed by atoms with Gasteiger partial charge in [0.05, 0.1) is 9.99 Å². The fourth-order valence-corrected chi connectivity index (χ4v) is 1.76. The summed E-state index contributed by atoms with van der Waals surface area (Å²) in [4.78, 5) is 4.08. The van der Waals surface area contributed by atoms with Crippen molar-refractivity contribution in [3.8, 4) is 0 Å². The minimum absolute atomic E-state index is 0.329. The highest BCUT2D eigenvalue weighted by molar-refractivity contribution is 9.10. The normalized spacial score (nSPS) is 10.9. The molecule has 1 aromatic heterocycles. The van der Waals surface area contributed by atoms with E-state index in [0.717, 1.165) is 10.9 Å². The average molecular weight is 275 g/mol. The zero-order valence-corrected chi connectivity index (χ0v) is 9.66. The van der Waals surface area contributed by atoms with Crippen LogP contribution in [-0.4, -0.2) is 4.98 Å².